The van der Waals surface area contributed by atoms with E-state index in [1.807, 2.05) is 26.1 Å². The highest BCUT2D eigenvalue weighted by Gasteiger charge is 2.07. The molecule has 0 aliphatic heterocycles. The van der Waals surface area contributed by atoms with Crippen molar-refractivity contribution < 1.29 is 4.79 Å². The van der Waals surface area contributed by atoms with Gasteiger partial charge in [0.15, 0.2) is 0 Å². The highest BCUT2D eigenvalue weighted by molar-refractivity contribution is 5.76. The predicted octanol–water partition coefficient (Wildman–Crippen LogP) is 0.601. The van der Waals surface area contributed by atoms with Crippen molar-refractivity contribution in [2.45, 2.75) is 20.4 Å². The van der Waals surface area contributed by atoms with Crippen LogP contribution in [0.4, 0.5) is 0 Å². The Labute approximate surface area is 89.9 Å². The van der Waals surface area contributed by atoms with E-state index in [2.05, 4.69) is 10.3 Å². The standard InChI is InChI=1S/C11H17N3O/c1-8-5-13-4-3-10(8)7-14-6-9(2)11(12)15/h3-5,9,14H,6-7H2,1-2H3,(H2,12,15). The van der Waals surface area contributed by atoms with E-state index >= 15 is 0 Å². The summed E-state index contributed by atoms with van der Waals surface area (Å²) in [7, 11) is 0. The number of hydrogen-bond donors (Lipinski definition) is 2. The molecule has 0 saturated carbocycles. The smallest absolute Gasteiger partial charge is 0.221 e. The molecule has 3 N–H and O–H groups in total. The average molecular weight is 207 g/mol. The van der Waals surface area contributed by atoms with Crippen LogP contribution in [0.25, 0.3) is 0 Å². The molecule has 1 rings (SSSR count). The van der Waals surface area contributed by atoms with Crippen molar-refractivity contribution in [1.82, 2.24) is 10.3 Å². The molecule has 4 heteroatoms. The number of hydrogen-bond acceptors (Lipinski definition) is 3. The van der Waals surface area contributed by atoms with Gasteiger partial charge in [0.05, 0.1) is 0 Å². The van der Waals surface area contributed by atoms with E-state index < -0.39 is 0 Å². The molecule has 82 valence electrons. The first kappa shape index (κ1) is 11.7. The minimum absolute atomic E-state index is 0.132. The van der Waals surface area contributed by atoms with E-state index in [4.69, 9.17) is 5.73 Å². The number of carbonyl (C=O) groups excluding carboxylic acids is 1. The summed E-state index contributed by atoms with van der Waals surface area (Å²) in [6, 6.07) is 1.97. The van der Waals surface area contributed by atoms with E-state index in [1.54, 1.807) is 6.20 Å². The fraction of sp³-hybridized carbons (Fsp3) is 0.455. The molecule has 4 nitrogen and oxygen atoms in total. The van der Waals surface area contributed by atoms with Crippen molar-refractivity contribution in [3.05, 3.63) is 29.6 Å². The van der Waals surface area contributed by atoms with Gasteiger partial charge in [0.2, 0.25) is 5.91 Å². The molecule has 1 aromatic heterocycles. The van der Waals surface area contributed by atoms with Crippen LogP contribution in [0.5, 0.6) is 0 Å². The number of pyridine rings is 1. The van der Waals surface area contributed by atoms with Crippen LogP contribution in [0.2, 0.25) is 0 Å². The van der Waals surface area contributed by atoms with Gasteiger partial charge >= 0.3 is 0 Å². The van der Waals surface area contributed by atoms with Gasteiger partial charge in [-0.1, -0.05) is 6.92 Å². The Morgan fingerprint density at radius 2 is 2.40 bits per heavy atom. The van der Waals surface area contributed by atoms with Gasteiger partial charge in [-0.3, -0.25) is 9.78 Å². The highest BCUT2D eigenvalue weighted by Crippen LogP contribution is 2.04. The largest absolute Gasteiger partial charge is 0.369 e. The summed E-state index contributed by atoms with van der Waals surface area (Å²) >= 11 is 0. The number of amides is 1. The molecule has 0 radical (unpaired) electrons. The molecule has 0 aliphatic rings. The van der Waals surface area contributed by atoms with E-state index in [0.29, 0.717) is 6.54 Å². The lowest BCUT2D eigenvalue weighted by Crippen LogP contribution is -2.30. The molecule has 0 bridgehead atoms. The number of rotatable bonds is 5. The van der Waals surface area contributed by atoms with Crippen LogP contribution in [0.3, 0.4) is 0 Å². The van der Waals surface area contributed by atoms with Crippen LogP contribution in [0.15, 0.2) is 18.5 Å². The van der Waals surface area contributed by atoms with Crippen molar-refractivity contribution in [2.24, 2.45) is 11.7 Å². The number of aromatic nitrogens is 1. The third-order valence-corrected chi connectivity index (χ3v) is 2.39. The van der Waals surface area contributed by atoms with Crippen LogP contribution in [0.1, 0.15) is 18.1 Å². The van der Waals surface area contributed by atoms with Crippen LogP contribution < -0.4 is 11.1 Å². The van der Waals surface area contributed by atoms with Crippen LogP contribution in [-0.4, -0.2) is 17.4 Å². The minimum Gasteiger partial charge on any atom is -0.369 e. The third kappa shape index (κ3) is 3.67. The van der Waals surface area contributed by atoms with Crippen molar-refractivity contribution in [1.29, 1.82) is 0 Å². The molecule has 1 aromatic rings. The number of nitrogens with one attached hydrogen (secondary N) is 1. The Morgan fingerprint density at radius 1 is 1.67 bits per heavy atom. The van der Waals surface area contributed by atoms with Crippen LogP contribution >= 0.6 is 0 Å². The summed E-state index contributed by atoms with van der Waals surface area (Å²) in [6.07, 6.45) is 3.59. The molecule has 1 heterocycles. The van der Waals surface area contributed by atoms with E-state index in [1.165, 1.54) is 5.56 Å². The normalized spacial score (nSPS) is 12.4. The Kier molecular flexibility index (Phi) is 4.24. The molecule has 1 amide bonds. The Bertz CT molecular complexity index is 338. The van der Waals surface area contributed by atoms with Crippen LogP contribution in [0, 0.1) is 12.8 Å². The summed E-state index contributed by atoms with van der Waals surface area (Å²) in [4.78, 5) is 14.8. The quantitative estimate of drug-likeness (QED) is 0.743. The molecule has 0 aliphatic carbocycles. The lowest BCUT2D eigenvalue weighted by atomic mass is 10.1. The highest BCUT2D eigenvalue weighted by atomic mass is 16.1. The first-order valence-corrected chi connectivity index (χ1v) is 5.00. The average Bonchev–Trinajstić information content (AvgIpc) is 2.20. The maximum absolute atomic E-state index is 10.8. The molecular weight excluding hydrogens is 190 g/mol. The van der Waals surface area contributed by atoms with Gasteiger partial charge in [0, 0.05) is 31.4 Å². The van der Waals surface area contributed by atoms with Gasteiger partial charge in [-0.25, -0.2) is 0 Å². The number of nitrogens with zero attached hydrogens (tertiary/aromatic N) is 1. The third-order valence-electron chi connectivity index (χ3n) is 2.39. The maximum atomic E-state index is 10.8. The molecule has 1 atom stereocenters. The van der Waals surface area contributed by atoms with Gasteiger partial charge in [0.1, 0.15) is 0 Å². The lowest BCUT2D eigenvalue weighted by Gasteiger charge is -2.10. The van der Waals surface area contributed by atoms with Gasteiger partial charge in [0.25, 0.3) is 0 Å². The molecular formula is C11H17N3O. The second-order valence-electron chi connectivity index (χ2n) is 3.74. The van der Waals surface area contributed by atoms with E-state index in [0.717, 1.165) is 12.1 Å². The van der Waals surface area contributed by atoms with Crippen molar-refractivity contribution in [2.75, 3.05) is 6.54 Å². The molecule has 0 fully saturated rings. The number of nitrogens with two attached hydrogens (primary N) is 1. The molecule has 15 heavy (non-hydrogen) atoms. The van der Waals surface area contributed by atoms with Gasteiger partial charge in [-0.05, 0) is 24.1 Å². The van der Waals surface area contributed by atoms with E-state index in [9.17, 15) is 4.79 Å². The SMILES string of the molecule is Cc1cnccc1CNCC(C)C(N)=O. The minimum atomic E-state index is -0.269. The Hall–Kier alpha value is -1.42. The number of primary amides is 1. The second kappa shape index (κ2) is 5.46. The van der Waals surface area contributed by atoms with E-state index in [-0.39, 0.29) is 11.8 Å². The zero-order valence-electron chi connectivity index (χ0n) is 9.16. The molecule has 0 aromatic carbocycles. The topological polar surface area (TPSA) is 68.0 Å². The summed E-state index contributed by atoms with van der Waals surface area (Å²) in [5, 5.41) is 3.20. The van der Waals surface area contributed by atoms with Gasteiger partial charge in [-0.2, -0.15) is 0 Å². The predicted molar refractivity (Wildman–Crippen MR) is 59.0 cm³/mol. The monoisotopic (exact) mass is 207 g/mol. The summed E-state index contributed by atoms with van der Waals surface area (Å²) < 4.78 is 0. The first-order valence-electron chi connectivity index (χ1n) is 5.00. The van der Waals surface area contributed by atoms with Crippen LogP contribution in [-0.2, 0) is 11.3 Å². The zero-order chi connectivity index (χ0) is 11.3. The fourth-order valence-corrected chi connectivity index (χ4v) is 1.22. The van der Waals surface area contributed by atoms with Gasteiger partial charge in [-0.15, -0.1) is 0 Å². The maximum Gasteiger partial charge on any atom is 0.221 e. The first-order chi connectivity index (χ1) is 7.11. The fourth-order valence-electron chi connectivity index (χ4n) is 1.22. The number of carbonyl (C=O) groups is 1. The zero-order valence-corrected chi connectivity index (χ0v) is 9.16. The molecule has 0 saturated heterocycles. The molecule has 0 spiro atoms. The van der Waals surface area contributed by atoms with Crippen molar-refractivity contribution in [3.8, 4) is 0 Å². The second-order valence-corrected chi connectivity index (χ2v) is 3.74. The lowest BCUT2D eigenvalue weighted by molar-refractivity contribution is -0.121. The molecule has 1 unspecified atom stereocenters. The number of aryl methyl sites for hydroxylation is 1. The van der Waals surface area contributed by atoms with Crippen molar-refractivity contribution in [3.63, 3.8) is 0 Å². The Morgan fingerprint density at radius 3 is 3.00 bits per heavy atom. The van der Waals surface area contributed by atoms with Crippen molar-refractivity contribution >= 4 is 5.91 Å². The van der Waals surface area contributed by atoms with Gasteiger partial charge < -0.3 is 11.1 Å². The summed E-state index contributed by atoms with van der Waals surface area (Å²) in [5.74, 6) is -0.402. The Balaban J connectivity index is 2.38. The summed E-state index contributed by atoms with van der Waals surface area (Å²) in [5.41, 5.74) is 7.50. The summed E-state index contributed by atoms with van der Waals surface area (Å²) in [6.45, 7) is 5.18.